The van der Waals surface area contributed by atoms with Crippen molar-refractivity contribution in [3.05, 3.63) is 47.8 Å². The van der Waals surface area contributed by atoms with E-state index in [4.69, 9.17) is 10.7 Å². The molecule has 4 nitrogen and oxygen atoms in total. The summed E-state index contributed by atoms with van der Waals surface area (Å²) in [5, 5.41) is 5.47. The van der Waals surface area contributed by atoms with Crippen LogP contribution in [0.3, 0.4) is 0 Å². The summed E-state index contributed by atoms with van der Waals surface area (Å²) in [6, 6.07) is 10.1. The number of benzene rings is 1. The number of hydrogen-bond donors (Lipinski definition) is 1. The van der Waals surface area contributed by atoms with Gasteiger partial charge in [0.2, 0.25) is 0 Å². The first-order chi connectivity index (χ1) is 10.3. The number of aryl methyl sites for hydroxylation is 1. The lowest BCUT2D eigenvalue weighted by atomic mass is 10.0. The first-order valence-electron chi connectivity index (χ1n) is 7.55. The molecule has 0 spiro atoms. The van der Waals surface area contributed by atoms with Crippen LogP contribution in [0.15, 0.2) is 36.5 Å². The average molecular weight is 278 g/mol. The number of rotatable bonds is 1. The fourth-order valence-corrected chi connectivity index (χ4v) is 3.17. The van der Waals surface area contributed by atoms with E-state index >= 15 is 0 Å². The van der Waals surface area contributed by atoms with Crippen LogP contribution in [0, 0.1) is 0 Å². The van der Waals surface area contributed by atoms with Crippen LogP contribution in [-0.2, 0) is 12.8 Å². The SMILES string of the molecule is Nc1c2c(nc3c1cnn3-c1ccccc1)CCCCC2. The number of anilines is 1. The number of fused-ring (bicyclic) bond motifs is 2. The Morgan fingerprint density at radius 2 is 1.81 bits per heavy atom. The van der Waals surface area contributed by atoms with E-state index in [0.29, 0.717) is 0 Å². The van der Waals surface area contributed by atoms with Gasteiger partial charge in [0.1, 0.15) is 0 Å². The molecule has 2 heterocycles. The minimum atomic E-state index is 0.874. The fourth-order valence-electron chi connectivity index (χ4n) is 3.17. The minimum Gasteiger partial charge on any atom is -0.398 e. The highest BCUT2D eigenvalue weighted by Gasteiger charge is 2.18. The van der Waals surface area contributed by atoms with E-state index in [9.17, 15) is 0 Å². The van der Waals surface area contributed by atoms with Crippen LogP contribution in [0.4, 0.5) is 5.69 Å². The summed E-state index contributed by atoms with van der Waals surface area (Å²) < 4.78 is 1.89. The maximum atomic E-state index is 6.41. The Labute approximate surface area is 123 Å². The summed E-state index contributed by atoms with van der Waals surface area (Å²) in [7, 11) is 0. The lowest BCUT2D eigenvalue weighted by Crippen LogP contribution is -2.05. The van der Waals surface area contributed by atoms with Crippen molar-refractivity contribution in [1.29, 1.82) is 0 Å². The molecule has 106 valence electrons. The predicted molar refractivity (Wildman–Crippen MR) is 84.5 cm³/mol. The first-order valence-corrected chi connectivity index (χ1v) is 7.55. The molecule has 0 atom stereocenters. The summed E-state index contributed by atoms with van der Waals surface area (Å²) in [6.45, 7) is 0. The quantitative estimate of drug-likeness (QED) is 0.695. The van der Waals surface area contributed by atoms with Crippen LogP contribution in [0.25, 0.3) is 16.7 Å². The van der Waals surface area contributed by atoms with Crippen LogP contribution >= 0.6 is 0 Å². The van der Waals surface area contributed by atoms with E-state index in [1.54, 1.807) is 0 Å². The molecule has 0 amide bonds. The molecule has 0 aliphatic heterocycles. The van der Waals surface area contributed by atoms with Crippen molar-refractivity contribution in [2.24, 2.45) is 0 Å². The largest absolute Gasteiger partial charge is 0.398 e. The molecular formula is C17H18N4. The van der Waals surface area contributed by atoms with Crippen LogP contribution in [-0.4, -0.2) is 14.8 Å². The Bertz CT molecular complexity index is 789. The Morgan fingerprint density at radius 3 is 2.67 bits per heavy atom. The van der Waals surface area contributed by atoms with E-state index in [0.717, 1.165) is 40.9 Å². The second-order valence-corrected chi connectivity index (χ2v) is 5.64. The second kappa shape index (κ2) is 4.88. The van der Waals surface area contributed by atoms with Gasteiger partial charge in [-0.1, -0.05) is 24.6 Å². The van der Waals surface area contributed by atoms with Gasteiger partial charge in [-0.3, -0.25) is 0 Å². The highest BCUT2D eigenvalue weighted by atomic mass is 15.3. The molecule has 4 heteroatoms. The molecule has 2 aromatic heterocycles. The topological polar surface area (TPSA) is 56.7 Å². The van der Waals surface area contributed by atoms with Gasteiger partial charge in [-0.2, -0.15) is 5.10 Å². The molecule has 1 aliphatic carbocycles. The molecule has 0 saturated carbocycles. The Balaban J connectivity index is 1.96. The molecule has 1 aromatic carbocycles. The molecule has 0 saturated heterocycles. The van der Waals surface area contributed by atoms with Gasteiger partial charge in [0, 0.05) is 11.4 Å². The molecule has 2 N–H and O–H groups in total. The van der Waals surface area contributed by atoms with Crippen molar-refractivity contribution in [2.75, 3.05) is 5.73 Å². The smallest absolute Gasteiger partial charge is 0.165 e. The Hall–Kier alpha value is -2.36. The average Bonchev–Trinajstić information content (AvgIpc) is 2.79. The monoisotopic (exact) mass is 278 g/mol. The third kappa shape index (κ3) is 1.98. The summed E-state index contributed by atoms with van der Waals surface area (Å²) in [4.78, 5) is 4.89. The van der Waals surface area contributed by atoms with Crippen LogP contribution in [0.1, 0.15) is 30.5 Å². The van der Waals surface area contributed by atoms with Gasteiger partial charge in [0.15, 0.2) is 5.65 Å². The highest BCUT2D eigenvalue weighted by molar-refractivity contribution is 5.90. The van der Waals surface area contributed by atoms with Gasteiger partial charge in [-0.05, 0) is 43.4 Å². The Morgan fingerprint density at radius 1 is 1.00 bits per heavy atom. The van der Waals surface area contributed by atoms with Crippen LogP contribution in [0.5, 0.6) is 0 Å². The summed E-state index contributed by atoms with van der Waals surface area (Å²) in [5.74, 6) is 0. The zero-order valence-corrected chi connectivity index (χ0v) is 11.9. The molecule has 0 unspecified atom stereocenters. The van der Waals surface area contributed by atoms with Gasteiger partial charge in [-0.25, -0.2) is 9.67 Å². The molecule has 1 aliphatic rings. The molecule has 4 rings (SSSR count). The maximum absolute atomic E-state index is 6.41. The van der Waals surface area contributed by atoms with E-state index in [1.807, 2.05) is 41.2 Å². The van der Waals surface area contributed by atoms with Crippen molar-refractivity contribution in [3.8, 4) is 5.69 Å². The number of aromatic nitrogens is 3. The summed E-state index contributed by atoms with van der Waals surface area (Å²) in [5.41, 5.74) is 11.6. The van der Waals surface area contributed by atoms with Crippen molar-refractivity contribution in [2.45, 2.75) is 32.1 Å². The molecule has 0 bridgehead atoms. The number of hydrogen-bond acceptors (Lipinski definition) is 3. The third-order valence-electron chi connectivity index (χ3n) is 4.29. The van der Waals surface area contributed by atoms with Gasteiger partial charge in [0.05, 0.1) is 17.3 Å². The lowest BCUT2D eigenvalue weighted by Gasteiger charge is -2.10. The standard InChI is InChI=1S/C17H18N4/c18-16-13-9-5-2-6-10-15(13)20-17-14(16)11-19-21(17)12-7-3-1-4-8-12/h1,3-4,7-8,11H,2,5-6,9-10H2,(H2,18,20). The highest BCUT2D eigenvalue weighted by Crippen LogP contribution is 2.31. The van der Waals surface area contributed by atoms with E-state index in [1.165, 1.54) is 24.8 Å². The number of nitrogen functional groups attached to an aromatic ring is 1. The van der Waals surface area contributed by atoms with Crippen LogP contribution < -0.4 is 5.73 Å². The van der Waals surface area contributed by atoms with E-state index in [-0.39, 0.29) is 0 Å². The van der Waals surface area contributed by atoms with Crippen molar-refractivity contribution in [1.82, 2.24) is 14.8 Å². The predicted octanol–water partition coefficient (Wildman–Crippen LogP) is 3.27. The Kier molecular flexibility index (Phi) is 2.88. The minimum absolute atomic E-state index is 0.874. The number of para-hydroxylation sites is 1. The number of nitrogens with two attached hydrogens (primary N) is 1. The maximum Gasteiger partial charge on any atom is 0.165 e. The normalized spacial score (nSPS) is 14.9. The van der Waals surface area contributed by atoms with Gasteiger partial charge in [-0.15, -0.1) is 0 Å². The lowest BCUT2D eigenvalue weighted by molar-refractivity contribution is 0.708. The van der Waals surface area contributed by atoms with Gasteiger partial charge in [0.25, 0.3) is 0 Å². The van der Waals surface area contributed by atoms with Crippen LogP contribution in [0.2, 0.25) is 0 Å². The third-order valence-corrected chi connectivity index (χ3v) is 4.29. The number of pyridine rings is 1. The van der Waals surface area contributed by atoms with Gasteiger partial charge >= 0.3 is 0 Å². The fraction of sp³-hybridized carbons (Fsp3) is 0.294. The zero-order chi connectivity index (χ0) is 14.2. The van der Waals surface area contributed by atoms with Gasteiger partial charge < -0.3 is 5.73 Å². The van der Waals surface area contributed by atoms with E-state index in [2.05, 4.69) is 5.10 Å². The van der Waals surface area contributed by atoms with E-state index < -0.39 is 0 Å². The van der Waals surface area contributed by atoms with Crippen molar-refractivity contribution < 1.29 is 0 Å². The molecule has 0 radical (unpaired) electrons. The van der Waals surface area contributed by atoms with Crippen molar-refractivity contribution in [3.63, 3.8) is 0 Å². The summed E-state index contributed by atoms with van der Waals surface area (Å²) >= 11 is 0. The summed E-state index contributed by atoms with van der Waals surface area (Å²) in [6.07, 6.45) is 7.57. The molecular weight excluding hydrogens is 260 g/mol. The molecule has 0 fully saturated rings. The molecule has 3 aromatic rings. The first kappa shape index (κ1) is 12.4. The van der Waals surface area contributed by atoms with Crippen molar-refractivity contribution >= 4 is 16.7 Å². The second-order valence-electron chi connectivity index (χ2n) is 5.64. The number of nitrogens with zero attached hydrogens (tertiary/aromatic N) is 3. The molecule has 21 heavy (non-hydrogen) atoms. The zero-order valence-electron chi connectivity index (χ0n) is 11.9.